The molecule has 0 spiro atoms. The third-order valence-electron chi connectivity index (χ3n) is 3.37. The molecule has 0 bridgehead atoms. The highest BCUT2D eigenvalue weighted by atomic mass is 16.5. The highest BCUT2D eigenvalue weighted by Crippen LogP contribution is 2.09. The molecule has 0 aromatic heterocycles. The molecule has 0 aromatic rings. The Balaban J connectivity index is 2.44. The molecule has 1 aliphatic heterocycles. The second-order valence-electron chi connectivity index (χ2n) is 4.59. The minimum Gasteiger partial charge on any atom is -0.480 e. The van der Waals surface area contributed by atoms with Crippen molar-refractivity contribution in [2.45, 2.75) is 32.4 Å². The van der Waals surface area contributed by atoms with Gasteiger partial charge in [-0.1, -0.05) is 13.8 Å². The number of ether oxygens (including phenoxy) is 1. The smallest absolute Gasteiger partial charge is 0.320 e. The molecule has 100 valence electrons. The van der Waals surface area contributed by atoms with Crippen LogP contribution in [-0.2, 0) is 9.53 Å². The van der Waals surface area contributed by atoms with Crippen LogP contribution in [0.4, 0.5) is 0 Å². The van der Waals surface area contributed by atoms with Crippen LogP contribution in [0.5, 0.6) is 0 Å². The van der Waals surface area contributed by atoms with Gasteiger partial charge in [0, 0.05) is 19.6 Å². The van der Waals surface area contributed by atoms with Crippen LogP contribution in [0.2, 0.25) is 0 Å². The standard InChI is InChI=1S/C12H24N2O3/c1-4-11(12(15)16)13(3)8-10-9-14(5-2)6-7-17-10/h10-11H,4-9H2,1-3H3,(H,15,16). The molecule has 0 saturated carbocycles. The molecule has 17 heavy (non-hydrogen) atoms. The lowest BCUT2D eigenvalue weighted by molar-refractivity contribution is -0.144. The van der Waals surface area contributed by atoms with Crippen molar-refractivity contribution in [1.82, 2.24) is 9.80 Å². The van der Waals surface area contributed by atoms with Gasteiger partial charge in [0.2, 0.25) is 0 Å². The van der Waals surface area contributed by atoms with Crippen molar-refractivity contribution in [2.24, 2.45) is 0 Å². The van der Waals surface area contributed by atoms with Crippen LogP contribution in [0, 0.1) is 0 Å². The second-order valence-corrected chi connectivity index (χ2v) is 4.59. The van der Waals surface area contributed by atoms with Gasteiger partial charge in [0.05, 0.1) is 12.7 Å². The maximum absolute atomic E-state index is 11.0. The molecule has 0 aromatic carbocycles. The first kappa shape index (κ1) is 14.4. The normalized spacial score (nSPS) is 23.9. The molecule has 2 atom stereocenters. The maximum Gasteiger partial charge on any atom is 0.320 e. The van der Waals surface area contributed by atoms with Crippen molar-refractivity contribution in [1.29, 1.82) is 0 Å². The molecule has 1 N–H and O–H groups in total. The van der Waals surface area contributed by atoms with Gasteiger partial charge in [0.25, 0.3) is 0 Å². The van der Waals surface area contributed by atoms with Gasteiger partial charge in [-0.3, -0.25) is 14.6 Å². The molecule has 1 saturated heterocycles. The minimum absolute atomic E-state index is 0.127. The lowest BCUT2D eigenvalue weighted by atomic mass is 10.1. The summed E-state index contributed by atoms with van der Waals surface area (Å²) in [6.45, 7) is 8.37. The Labute approximate surface area is 103 Å². The van der Waals surface area contributed by atoms with E-state index in [1.807, 2.05) is 18.9 Å². The summed E-state index contributed by atoms with van der Waals surface area (Å²) in [6.07, 6.45) is 0.748. The molecule has 1 heterocycles. The molecule has 1 fully saturated rings. The van der Waals surface area contributed by atoms with Crippen LogP contribution in [0.15, 0.2) is 0 Å². The Morgan fingerprint density at radius 1 is 1.59 bits per heavy atom. The third kappa shape index (κ3) is 4.26. The summed E-state index contributed by atoms with van der Waals surface area (Å²) in [5.74, 6) is -0.752. The lowest BCUT2D eigenvalue weighted by Gasteiger charge is -2.35. The van der Waals surface area contributed by atoms with E-state index in [-0.39, 0.29) is 6.10 Å². The first-order valence-corrected chi connectivity index (χ1v) is 6.35. The van der Waals surface area contributed by atoms with Gasteiger partial charge in [-0.15, -0.1) is 0 Å². The topological polar surface area (TPSA) is 53.0 Å². The highest BCUT2D eigenvalue weighted by Gasteiger charge is 2.26. The summed E-state index contributed by atoms with van der Waals surface area (Å²) in [5.41, 5.74) is 0. The van der Waals surface area contributed by atoms with Crippen LogP contribution >= 0.6 is 0 Å². The van der Waals surface area contributed by atoms with Crippen LogP contribution in [0.1, 0.15) is 20.3 Å². The number of carboxylic acids is 1. The number of nitrogens with zero attached hydrogens (tertiary/aromatic N) is 2. The van der Waals surface area contributed by atoms with Crippen molar-refractivity contribution in [3.63, 3.8) is 0 Å². The molecular weight excluding hydrogens is 220 g/mol. The minimum atomic E-state index is -0.752. The number of aliphatic carboxylic acids is 1. The molecule has 1 aliphatic rings. The fourth-order valence-electron chi connectivity index (χ4n) is 2.30. The van der Waals surface area contributed by atoms with Crippen molar-refractivity contribution in [3.8, 4) is 0 Å². The summed E-state index contributed by atoms with van der Waals surface area (Å²) < 4.78 is 5.68. The summed E-state index contributed by atoms with van der Waals surface area (Å²) >= 11 is 0. The molecule has 5 heteroatoms. The van der Waals surface area contributed by atoms with Gasteiger partial charge in [-0.05, 0) is 20.0 Å². The Bertz CT molecular complexity index is 248. The Hall–Kier alpha value is -0.650. The zero-order valence-corrected chi connectivity index (χ0v) is 11.1. The maximum atomic E-state index is 11.0. The highest BCUT2D eigenvalue weighted by molar-refractivity contribution is 5.73. The van der Waals surface area contributed by atoms with Gasteiger partial charge >= 0.3 is 5.97 Å². The predicted octanol–water partition coefficient (Wildman–Crippen LogP) is 0.502. The van der Waals surface area contributed by atoms with E-state index in [1.54, 1.807) is 0 Å². The molecule has 1 rings (SSSR count). The van der Waals surface area contributed by atoms with E-state index in [9.17, 15) is 4.79 Å². The summed E-state index contributed by atoms with van der Waals surface area (Å²) in [4.78, 5) is 15.3. The zero-order valence-electron chi connectivity index (χ0n) is 11.1. The van der Waals surface area contributed by atoms with Gasteiger partial charge < -0.3 is 9.84 Å². The number of hydrogen-bond donors (Lipinski definition) is 1. The zero-order chi connectivity index (χ0) is 12.8. The first-order chi connectivity index (χ1) is 8.08. The van der Waals surface area contributed by atoms with E-state index < -0.39 is 12.0 Å². The van der Waals surface area contributed by atoms with Crippen LogP contribution < -0.4 is 0 Å². The molecule has 0 aliphatic carbocycles. The first-order valence-electron chi connectivity index (χ1n) is 6.35. The van der Waals surface area contributed by atoms with Crippen LogP contribution in [-0.4, -0.2) is 72.9 Å². The van der Waals surface area contributed by atoms with Gasteiger partial charge in [0.15, 0.2) is 0 Å². The van der Waals surface area contributed by atoms with E-state index in [2.05, 4.69) is 11.8 Å². The third-order valence-corrected chi connectivity index (χ3v) is 3.37. The van der Waals surface area contributed by atoms with Crippen molar-refractivity contribution in [3.05, 3.63) is 0 Å². The van der Waals surface area contributed by atoms with Crippen LogP contribution in [0.25, 0.3) is 0 Å². The molecule has 2 unspecified atom stereocenters. The van der Waals surface area contributed by atoms with E-state index in [1.165, 1.54) is 0 Å². The number of rotatable bonds is 6. The van der Waals surface area contributed by atoms with Gasteiger partial charge in [-0.2, -0.15) is 0 Å². The average Bonchev–Trinajstić information content (AvgIpc) is 2.29. The Morgan fingerprint density at radius 2 is 2.29 bits per heavy atom. The average molecular weight is 244 g/mol. The van der Waals surface area contributed by atoms with Crippen LogP contribution in [0.3, 0.4) is 0 Å². The van der Waals surface area contributed by atoms with E-state index in [4.69, 9.17) is 9.84 Å². The fraction of sp³-hybridized carbons (Fsp3) is 0.917. The number of carbonyl (C=O) groups is 1. The van der Waals surface area contributed by atoms with Gasteiger partial charge in [0.1, 0.15) is 6.04 Å². The SMILES string of the molecule is CCC(C(=O)O)N(C)CC1CN(CC)CCO1. The Kier molecular flexibility index (Phi) is 5.88. The van der Waals surface area contributed by atoms with Crippen molar-refractivity contribution >= 4 is 5.97 Å². The van der Waals surface area contributed by atoms with E-state index in [0.29, 0.717) is 13.0 Å². The number of likely N-dealkylation sites (N-methyl/N-ethyl adjacent to an activating group) is 2. The molecule has 0 radical (unpaired) electrons. The summed E-state index contributed by atoms with van der Waals surface area (Å²) in [6, 6.07) is -0.407. The van der Waals surface area contributed by atoms with Crippen molar-refractivity contribution < 1.29 is 14.6 Å². The molecule has 0 amide bonds. The predicted molar refractivity (Wildman–Crippen MR) is 66.2 cm³/mol. The summed E-state index contributed by atoms with van der Waals surface area (Å²) in [5, 5.41) is 9.08. The Morgan fingerprint density at radius 3 is 2.82 bits per heavy atom. The van der Waals surface area contributed by atoms with Crippen molar-refractivity contribution in [2.75, 3.05) is 39.8 Å². The van der Waals surface area contributed by atoms with E-state index in [0.717, 1.165) is 26.2 Å². The van der Waals surface area contributed by atoms with Gasteiger partial charge in [-0.25, -0.2) is 0 Å². The number of morpholine rings is 1. The second kappa shape index (κ2) is 6.93. The van der Waals surface area contributed by atoms with E-state index >= 15 is 0 Å². The molecular formula is C12H24N2O3. The fourth-order valence-corrected chi connectivity index (χ4v) is 2.30. The number of carboxylic acid groups (broad SMARTS) is 1. The monoisotopic (exact) mass is 244 g/mol. The molecule has 5 nitrogen and oxygen atoms in total. The largest absolute Gasteiger partial charge is 0.480 e. The quantitative estimate of drug-likeness (QED) is 0.737. The number of hydrogen-bond acceptors (Lipinski definition) is 4. The lowest BCUT2D eigenvalue weighted by Crippen LogP contribution is -2.49. The summed E-state index contributed by atoms with van der Waals surface area (Å²) in [7, 11) is 1.86.